The third-order valence-electron chi connectivity index (χ3n) is 4.59. The van der Waals surface area contributed by atoms with Crippen LogP contribution in [0.4, 0.5) is 0 Å². The standard InChI is InChI=1S/C22H28N2O4/c1-4-6-7-10-13-27-18-12-9-8-11-16(18)20-17(14-23)21(24)28-15(3)19(20)22(25)26-5-2/h8-9,11-12,20H,4-7,10,13,24H2,1-3H3. The zero-order chi connectivity index (χ0) is 20.5. The lowest BCUT2D eigenvalue weighted by Gasteiger charge is -2.28. The van der Waals surface area contributed by atoms with E-state index in [2.05, 4.69) is 13.0 Å². The highest BCUT2D eigenvalue weighted by Gasteiger charge is 2.37. The average molecular weight is 384 g/mol. The molecule has 1 aliphatic rings. The summed E-state index contributed by atoms with van der Waals surface area (Å²) in [6, 6.07) is 9.49. The van der Waals surface area contributed by atoms with Gasteiger partial charge in [0.15, 0.2) is 0 Å². The van der Waals surface area contributed by atoms with Crippen molar-refractivity contribution in [1.82, 2.24) is 0 Å². The number of esters is 1. The molecular weight excluding hydrogens is 356 g/mol. The summed E-state index contributed by atoms with van der Waals surface area (Å²) < 4.78 is 16.7. The van der Waals surface area contributed by atoms with Gasteiger partial charge in [0.1, 0.15) is 23.2 Å². The number of nitrogens with two attached hydrogens (primary N) is 1. The normalized spacial score (nSPS) is 16.4. The fourth-order valence-electron chi connectivity index (χ4n) is 3.23. The second-order valence-corrected chi connectivity index (χ2v) is 6.56. The molecule has 0 saturated heterocycles. The summed E-state index contributed by atoms with van der Waals surface area (Å²) in [5, 5.41) is 9.69. The second-order valence-electron chi connectivity index (χ2n) is 6.56. The van der Waals surface area contributed by atoms with Crippen LogP contribution in [0.3, 0.4) is 0 Å². The van der Waals surface area contributed by atoms with Gasteiger partial charge < -0.3 is 19.9 Å². The van der Waals surface area contributed by atoms with Crippen LogP contribution in [0.15, 0.2) is 47.1 Å². The van der Waals surface area contributed by atoms with E-state index in [1.807, 2.05) is 24.3 Å². The number of allylic oxidation sites excluding steroid dienone is 2. The van der Waals surface area contributed by atoms with Crippen molar-refractivity contribution in [2.75, 3.05) is 13.2 Å². The number of hydrogen-bond acceptors (Lipinski definition) is 6. The number of para-hydroxylation sites is 1. The summed E-state index contributed by atoms with van der Waals surface area (Å²) in [7, 11) is 0. The predicted octanol–water partition coefficient (Wildman–Crippen LogP) is 4.29. The van der Waals surface area contributed by atoms with Crippen molar-refractivity contribution < 1.29 is 19.0 Å². The highest BCUT2D eigenvalue weighted by atomic mass is 16.5. The molecule has 1 aromatic carbocycles. The molecule has 0 saturated carbocycles. The molecule has 0 spiro atoms. The molecule has 0 amide bonds. The third-order valence-corrected chi connectivity index (χ3v) is 4.59. The quantitative estimate of drug-likeness (QED) is 0.504. The molecular formula is C22H28N2O4. The van der Waals surface area contributed by atoms with Gasteiger partial charge in [-0.3, -0.25) is 0 Å². The Bertz CT molecular complexity index is 805. The van der Waals surface area contributed by atoms with Crippen molar-refractivity contribution in [3.05, 3.63) is 52.6 Å². The minimum Gasteiger partial charge on any atom is -0.493 e. The van der Waals surface area contributed by atoms with E-state index in [0.29, 0.717) is 23.7 Å². The van der Waals surface area contributed by atoms with Crippen LogP contribution in [0.5, 0.6) is 5.75 Å². The Morgan fingerprint density at radius 2 is 2.00 bits per heavy atom. The number of carbonyl (C=O) groups excluding carboxylic acids is 1. The first-order valence-corrected chi connectivity index (χ1v) is 9.72. The van der Waals surface area contributed by atoms with Crippen molar-refractivity contribution in [3.63, 3.8) is 0 Å². The lowest BCUT2D eigenvalue weighted by molar-refractivity contribution is -0.139. The van der Waals surface area contributed by atoms with Crippen LogP contribution in [0, 0.1) is 11.3 Å². The van der Waals surface area contributed by atoms with E-state index in [9.17, 15) is 10.1 Å². The molecule has 1 aliphatic heterocycles. The molecule has 2 rings (SSSR count). The van der Waals surface area contributed by atoms with E-state index in [1.54, 1.807) is 13.8 Å². The lowest BCUT2D eigenvalue weighted by Crippen LogP contribution is -2.26. The highest BCUT2D eigenvalue weighted by Crippen LogP contribution is 2.42. The van der Waals surface area contributed by atoms with Crippen LogP contribution in [0.2, 0.25) is 0 Å². The van der Waals surface area contributed by atoms with Crippen molar-refractivity contribution in [1.29, 1.82) is 5.26 Å². The molecule has 0 radical (unpaired) electrons. The van der Waals surface area contributed by atoms with Gasteiger partial charge in [-0.2, -0.15) is 5.26 Å². The van der Waals surface area contributed by atoms with E-state index in [0.717, 1.165) is 25.7 Å². The maximum atomic E-state index is 12.6. The molecule has 0 fully saturated rings. The number of unbranched alkanes of at least 4 members (excludes halogenated alkanes) is 3. The Morgan fingerprint density at radius 1 is 1.25 bits per heavy atom. The van der Waals surface area contributed by atoms with E-state index in [4.69, 9.17) is 19.9 Å². The van der Waals surface area contributed by atoms with E-state index in [-0.39, 0.29) is 23.6 Å². The van der Waals surface area contributed by atoms with Gasteiger partial charge in [-0.15, -0.1) is 0 Å². The van der Waals surface area contributed by atoms with Crippen molar-refractivity contribution >= 4 is 5.97 Å². The third kappa shape index (κ3) is 4.86. The number of carbonyl (C=O) groups is 1. The zero-order valence-electron chi connectivity index (χ0n) is 16.8. The summed E-state index contributed by atoms with van der Waals surface area (Å²) >= 11 is 0. The van der Waals surface area contributed by atoms with Gasteiger partial charge in [0.25, 0.3) is 0 Å². The van der Waals surface area contributed by atoms with E-state index in [1.165, 1.54) is 0 Å². The number of benzene rings is 1. The Labute approximate surface area is 166 Å². The van der Waals surface area contributed by atoms with Gasteiger partial charge in [-0.1, -0.05) is 44.4 Å². The summed E-state index contributed by atoms with van der Waals surface area (Å²) in [6.45, 7) is 6.33. The zero-order valence-corrected chi connectivity index (χ0v) is 16.8. The fraction of sp³-hybridized carbons (Fsp3) is 0.455. The Hall–Kier alpha value is -2.94. The molecule has 1 unspecified atom stereocenters. The van der Waals surface area contributed by atoms with Crippen molar-refractivity contribution in [2.24, 2.45) is 5.73 Å². The molecule has 0 aromatic heterocycles. The highest BCUT2D eigenvalue weighted by molar-refractivity contribution is 5.92. The maximum absolute atomic E-state index is 12.6. The summed E-state index contributed by atoms with van der Waals surface area (Å²) in [6.07, 6.45) is 4.36. The van der Waals surface area contributed by atoms with Gasteiger partial charge in [0.2, 0.25) is 5.88 Å². The lowest BCUT2D eigenvalue weighted by atomic mass is 9.82. The topological polar surface area (TPSA) is 94.6 Å². The molecule has 0 bridgehead atoms. The SMILES string of the molecule is CCCCCCOc1ccccc1C1C(C#N)=C(N)OC(C)=C1C(=O)OCC. The van der Waals surface area contributed by atoms with Gasteiger partial charge in [-0.05, 0) is 26.3 Å². The smallest absolute Gasteiger partial charge is 0.338 e. The van der Waals surface area contributed by atoms with Crippen LogP contribution >= 0.6 is 0 Å². The molecule has 28 heavy (non-hydrogen) atoms. The molecule has 1 aromatic rings. The first kappa shape index (κ1) is 21.4. The first-order valence-electron chi connectivity index (χ1n) is 9.72. The largest absolute Gasteiger partial charge is 0.493 e. The van der Waals surface area contributed by atoms with Gasteiger partial charge in [-0.25, -0.2) is 4.79 Å². The van der Waals surface area contributed by atoms with Gasteiger partial charge in [0.05, 0.1) is 24.7 Å². The molecule has 6 heteroatoms. The molecule has 0 aliphatic carbocycles. The molecule has 6 nitrogen and oxygen atoms in total. The van der Waals surface area contributed by atoms with E-state index >= 15 is 0 Å². The van der Waals surface area contributed by atoms with Crippen LogP contribution in [0.1, 0.15) is 57.9 Å². The number of hydrogen-bond donors (Lipinski definition) is 1. The Kier molecular flexibility index (Phi) is 7.94. The van der Waals surface area contributed by atoms with Gasteiger partial charge >= 0.3 is 5.97 Å². The van der Waals surface area contributed by atoms with Crippen LogP contribution in [-0.4, -0.2) is 19.2 Å². The minimum atomic E-state index is -0.690. The summed E-state index contributed by atoms with van der Waals surface area (Å²) in [5.41, 5.74) is 7.10. The van der Waals surface area contributed by atoms with Crippen molar-refractivity contribution in [2.45, 2.75) is 52.4 Å². The van der Waals surface area contributed by atoms with Gasteiger partial charge in [0, 0.05) is 5.56 Å². The molecule has 2 N–H and O–H groups in total. The Morgan fingerprint density at radius 3 is 2.68 bits per heavy atom. The average Bonchev–Trinajstić information content (AvgIpc) is 2.67. The second kappa shape index (κ2) is 10.4. The van der Waals surface area contributed by atoms with E-state index < -0.39 is 11.9 Å². The van der Waals surface area contributed by atoms with Crippen LogP contribution < -0.4 is 10.5 Å². The number of nitriles is 1. The van der Waals surface area contributed by atoms with Crippen LogP contribution in [-0.2, 0) is 14.3 Å². The monoisotopic (exact) mass is 384 g/mol. The number of ether oxygens (including phenoxy) is 3. The maximum Gasteiger partial charge on any atom is 0.338 e. The summed E-state index contributed by atoms with van der Waals surface area (Å²) in [4.78, 5) is 12.6. The molecule has 1 heterocycles. The number of rotatable bonds is 9. The summed E-state index contributed by atoms with van der Waals surface area (Å²) in [5.74, 6) is -0.262. The fourth-order valence-corrected chi connectivity index (χ4v) is 3.23. The minimum absolute atomic E-state index is 0.00389. The molecule has 1 atom stereocenters. The first-order chi connectivity index (χ1) is 13.5. The molecule has 150 valence electrons. The predicted molar refractivity (Wildman–Crippen MR) is 106 cm³/mol. The van der Waals surface area contributed by atoms with Crippen molar-refractivity contribution in [3.8, 4) is 11.8 Å². The number of nitrogens with zero attached hydrogens (tertiary/aromatic N) is 1. The Balaban J connectivity index is 2.42. The van der Waals surface area contributed by atoms with Crippen LogP contribution in [0.25, 0.3) is 0 Å².